The monoisotopic (exact) mass is 269 g/mol. The van der Waals surface area contributed by atoms with Gasteiger partial charge in [0.2, 0.25) is 0 Å². The van der Waals surface area contributed by atoms with Crippen LogP contribution in [0.25, 0.3) is 5.57 Å². The third-order valence-electron chi connectivity index (χ3n) is 2.68. The lowest BCUT2D eigenvalue weighted by Crippen LogP contribution is -2.20. The summed E-state index contributed by atoms with van der Waals surface area (Å²) in [6.07, 6.45) is 2.76. The molecular formula is C11H12ClN3O3. The molecule has 2 rings (SSSR count). The highest BCUT2D eigenvalue weighted by molar-refractivity contribution is 6.32. The minimum atomic E-state index is -0.557. The standard InChI is InChI=1S/C11H12ClN3O3/c1-18-11-9(15(16)17)6-8(12)10(14-11)7-2-4-13-5-3-7/h2,6,13H,3-5H2,1H3. The zero-order chi connectivity index (χ0) is 13.1. The molecule has 0 saturated carbocycles. The number of rotatable bonds is 3. The predicted molar refractivity (Wildman–Crippen MR) is 67.9 cm³/mol. The zero-order valence-electron chi connectivity index (χ0n) is 9.77. The number of halogens is 1. The van der Waals surface area contributed by atoms with Crippen molar-refractivity contribution in [1.82, 2.24) is 10.3 Å². The van der Waals surface area contributed by atoms with Crippen LogP contribution in [0.2, 0.25) is 5.02 Å². The summed E-state index contributed by atoms with van der Waals surface area (Å²) in [5.74, 6) is -0.0150. The highest BCUT2D eigenvalue weighted by Gasteiger charge is 2.22. The van der Waals surface area contributed by atoms with Gasteiger partial charge in [0, 0.05) is 12.6 Å². The number of pyridine rings is 1. The van der Waals surface area contributed by atoms with Crippen LogP contribution in [-0.4, -0.2) is 30.1 Å². The molecule has 1 aromatic heterocycles. The van der Waals surface area contributed by atoms with Gasteiger partial charge in [0.25, 0.3) is 5.88 Å². The van der Waals surface area contributed by atoms with Crippen molar-refractivity contribution >= 4 is 22.9 Å². The molecule has 0 unspecified atom stereocenters. The average Bonchev–Trinajstić information content (AvgIpc) is 2.39. The molecule has 0 atom stereocenters. The van der Waals surface area contributed by atoms with Crippen LogP contribution in [0.4, 0.5) is 5.69 Å². The molecule has 1 aliphatic rings. The van der Waals surface area contributed by atoms with Crippen molar-refractivity contribution in [2.45, 2.75) is 6.42 Å². The molecule has 1 aliphatic heterocycles. The van der Waals surface area contributed by atoms with Crippen LogP contribution in [0.3, 0.4) is 0 Å². The molecule has 1 N–H and O–H groups in total. The second kappa shape index (κ2) is 5.32. The van der Waals surface area contributed by atoms with E-state index in [1.54, 1.807) is 0 Å². The number of nitrogens with one attached hydrogen (secondary N) is 1. The number of nitrogens with zero attached hydrogens (tertiary/aromatic N) is 2. The van der Waals surface area contributed by atoms with Crippen LogP contribution in [0.15, 0.2) is 12.1 Å². The van der Waals surface area contributed by atoms with Gasteiger partial charge in [-0.3, -0.25) is 10.1 Å². The van der Waals surface area contributed by atoms with E-state index in [1.807, 2.05) is 6.08 Å². The molecule has 0 saturated heterocycles. The molecule has 7 heteroatoms. The molecule has 1 aromatic rings. The van der Waals surface area contributed by atoms with Gasteiger partial charge >= 0.3 is 5.69 Å². The number of ether oxygens (including phenoxy) is 1. The van der Waals surface area contributed by atoms with E-state index in [0.29, 0.717) is 5.69 Å². The predicted octanol–water partition coefficient (Wildman–Crippen LogP) is 2.03. The van der Waals surface area contributed by atoms with Crippen LogP contribution >= 0.6 is 11.6 Å². The number of nitro groups is 1. The van der Waals surface area contributed by atoms with Crippen molar-refractivity contribution in [1.29, 1.82) is 0 Å². The molecular weight excluding hydrogens is 258 g/mol. The topological polar surface area (TPSA) is 77.3 Å². The van der Waals surface area contributed by atoms with Gasteiger partial charge in [0.1, 0.15) is 0 Å². The van der Waals surface area contributed by atoms with Crippen LogP contribution in [0.5, 0.6) is 5.88 Å². The van der Waals surface area contributed by atoms with Gasteiger partial charge in [-0.2, -0.15) is 0 Å². The molecule has 0 bridgehead atoms. The van der Waals surface area contributed by atoms with Crippen molar-refractivity contribution in [3.8, 4) is 5.88 Å². The Hall–Kier alpha value is -1.66. The van der Waals surface area contributed by atoms with E-state index in [4.69, 9.17) is 16.3 Å². The van der Waals surface area contributed by atoms with Gasteiger partial charge in [0.05, 0.1) is 22.7 Å². The second-order valence-corrected chi connectivity index (χ2v) is 4.19. The van der Waals surface area contributed by atoms with Crippen molar-refractivity contribution < 1.29 is 9.66 Å². The Kier molecular flexibility index (Phi) is 3.78. The lowest BCUT2D eigenvalue weighted by Gasteiger charge is -2.15. The van der Waals surface area contributed by atoms with Crippen LogP contribution < -0.4 is 10.1 Å². The summed E-state index contributed by atoms with van der Waals surface area (Å²) in [6, 6.07) is 1.28. The molecule has 6 nitrogen and oxygen atoms in total. The van der Waals surface area contributed by atoms with Gasteiger partial charge in [-0.15, -0.1) is 0 Å². The van der Waals surface area contributed by atoms with Gasteiger partial charge in [-0.05, 0) is 18.5 Å². The van der Waals surface area contributed by atoms with E-state index < -0.39 is 4.92 Å². The summed E-state index contributed by atoms with van der Waals surface area (Å²) in [7, 11) is 1.35. The molecule has 0 amide bonds. The van der Waals surface area contributed by atoms with E-state index in [1.165, 1.54) is 13.2 Å². The SMILES string of the molecule is COc1nc(C2=CCNCC2)c(Cl)cc1[N+](=O)[O-]. The lowest BCUT2D eigenvalue weighted by molar-refractivity contribution is -0.386. The van der Waals surface area contributed by atoms with Crippen LogP contribution in [-0.2, 0) is 0 Å². The molecule has 0 aromatic carbocycles. The quantitative estimate of drug-likeness (QED) is 0.671. The molecule has 96 valence electrons. The van der Waals surface area contributed by atoms with E-state index in [0.717, 1.165) is 25.1 Å². The number of aromatic nitrogens is 1. The van der Waals surface area contributed by atoms with Crippen molar-refractivity contribution in [2.24, 2.45) is 0 Å². The van der Waals surface area contributed by atoms with E-state index in [9.17, 15) is 10.1 Å². The Balaban J connectivity index is 2.49. The fraction of sp³-hybridized carbons (Fsp3) is 0.364. The van der Waals surface area contributed by atoms with Crippen molar-refractivity contribution in [3.05, 3.63) is 33.0 Å². The summed E-state index contributed by atoms with van der Waals surface area (Å²) in [6.45, 7) is 1.58. The first-order chi connectivity index (χ1) is 8.63. The van der Waals surface area contributed by atoms with Gasteiger partial charge in [-0.25, -0.2) is 4.98 Å². The minimum Gasteiger partial charge on any atom is -0.476 e. The molecule has 0 fully saturated rings. The minimum absolute atomic E-state index is 0.0150. The molecule has 0 aliphatic carbocycles. The Morgan fingerprint density at radius 3 is 2.94 bits per heavy atom. The maximum absolute atomic E-state index is 10.8. The summed E-state index contributed by atoms with van der Waals surface area (Å²) < 4.78 is 4.94. The number of methoxy groups -OCH3 is 1. The summed E-state index contributed by atoms with van der Waals surface area (Å²) in [4.78, 5) is 14.4. The van der Waals surface area contributed by atoms with E-state index in [-0.39, 0.29) is 16.6 Å². The van der Waals surface area contributed by atoms with Crippen LogP contribution in [0.1, 0.15) is 12.1 Å². The molecule has 2 heterocycles. The van der Waals surface area contributed by atoms with Gasteiger partial charge in [-0.1, -0.05) is 17.7 Å². The highest BCUT2D eigenvalue weighted by Crippen LogP contribution is 2.34. The fourth-order valence-corrected chi connectivity index (χ4v) is 2.07. The Bertz CT molecular complexity index is 517. The first-order valence-electron chi connectivity index (χ1n) is 5.42. The second-order valence-electron chi connectivity index (χ2n) is 3.79. The first-order valence-corrected chi connectivity index (χ1v) is 5.80. The maximum Gasteiger partial charge on any atom is 0.332 e. The molecule has 0 radical (unpaired) electrons. The van der Waals surface area contributed by atoms with Crippen molar-refractivity contribution in [2.75, 3.05) is 20.2 Å². The fourth-order valence-electron chi connectivity index (χ4n) is 1.81. The normalized spacial score (nSPS) is 15.1. The summed E-state index contributed by atoms with van der Waals surface area (Å²) in [5.41, 5.74) is 1.31. The smallest absolute Gasteiger partial charge is 0.332 e. The third kappa shape index (κ3) is 2.44. The summed E-state index contributed by atoms with van der Waals surface area (Å²) >= 11 is 6.05. The maximum atomic E-state index is 10.8. The van der Waals surface area contributed by atoms with Crippen molar-refractivity contribution in [3.63, 3.8) is 0 Å². The third-order valence-corrected chi connectivity index (χ3v) is 2.97. The Morgan fingerprint density at radius 1 is 1.61 bits per heavy atom. The van der Waals surface area contributed by atoms with E-state index >= 15 is 0 Å². The van der Waals surface area contributed by atoms with E-state index in [2.05, 4.69) is 10.3 Å². The Labute approximate surface area is 109 Å². The highest BCUT2D eigenvalue weighted by atomic mass is 35.5. The first kappa shape index (κ1) is 12.8. The van der Waals surface area contributed by atoms with Gasteiger partial charge in [0.15, 0.2) is 0 Å². The number of hydrogen-bond donors (Lipinski definition) is 1. The molecule has 0 spiro atoms. The van der Waals surface area contributed by atoms with Gasteiger partial charge < -0.3 is 10.1 Å². The van der Waals surface area contributed by atoms with Crippen LogP contribution in [0, 0.1) is 10.1 Å². The largest absolute Gasteiger partial charge is 0.476 e. The molecule has 18 heavy (non-hydrogen) atoms. The number of hydrogen-bond acceptors (Lipinski definition) is 5. The zero-order valence-corrected chi connectivity index (χ0v) is 10.5. The lowest BCUT2D eigenvalue weighted by atomic mass is 10.1. The Morgan fingerprint density at radius 2 is 2.39 bits per heavy atom. The average molecular weight is 270 g/mol. The summed E-state index contributed by atoms with van der Waals surface area (Å²) in [5, 5.41) is 14.3.